The summed E-state index contributed by atoms with van der Waals surface area (Å²) >= 11 is 5.51. The lowest BCUT2D eigenvalue weighted by Crippen LogP contribution is -2.43. The number of carbonyl (C=O) groups excluding carboxylic acids is 5. The number of hydrogen-bond donors (Lipinski definition) is 1. The van der Waals surface area contributed by atoms with Crippen LogP contribution in [0, 0.1) is 0 Å². The van der Waals surface area contributed by atoms with E-state index >= 15 is 0 Å². The SMILES string of the molecule is C.C.C.CC(C)(C)OC(=O)N1CCC[C@@H]1C(=O)CCl.CCOC(=O)c1cccn2cc([C@H]3CCCN3)nc12.CCOC(=O)c1cccn2cc([C@H]3CCCN3C(=O)OC(C)(C)C)nc12. The largest absolute Gasteiger partial charge is 0.462 e. The van der Waals surface area contributed by atoms with Gasteiger partial charge < -0.3 is 33.1 Å². The van der Waals surface area contributed by atoms with Crippen molar-refractivity contribution in [2.45, 2.75) is 146 Å². The van der Waals surface area contributed by atoms with Crippen LogP contribution in [0.5, 0.6) is 0 Å². The fraction of sp³-hybridized carbons (Fsp3) is 0.596. The summed E-state index contributed by atoms with van der Waals surface area (Å²) in [6.45, 7) is 17.5. The third-order valence-corrected chi connectivity index (χ3v) is 10.3. The van der Waals surface area contributed by atoms with Gasteiger partial charge in [-0.3, -0.25) is 14.6 Å². The first kappa shape index (κ1) is 54.9. The first-order valence-corrected chi connectivity index (χ1v) is 21.6. The van der Waals surface area contributed by atoms with Crippen LogP contribution in [0.4, 0.5) is 9.59 Å². The van der Waals surface area contributed by atoms with Gasteiger partial charge in [-0.25, -0.2) is 29.1 Å². The van der Waals surface area contributed by atoms with Crippen molar-refractivity contribution < 1.29 is 42.9 Å². The van der Waals surface area contributed by atoms with Gasteiger partial charge in [-0.2, -0.15) is 0 Å². The lowest BCUT2D eigenvalue weighted by Gasteiger charge is -2.27. The van der Waals surface area contributed by atoms with E-state index in [4.69, 9.17) is 30.5 Å². The Labute approximate surface area is 384 Å². The molecule has 4 aromatic rings. The maximum absolute atomic E-state index is 12.5. The minimum atomic E-state index is -0.541. The van der Waals surface area contributed by atoms with E-state index < -0.39 is 29.3 Å². The predicted molar refractivity (Wildman–Crippen MR) is 249 cm³/mol. The highest BCUT2D eigenvalue weighted by Crippen LogP contribution is 2.33. The van der Waals surface area contributed by atoms with Crippen molar-refractivity contribution in [3.63, 3.8) is 0 Å². The normalized spacial score (nSPS) is 18.0. The van der Waals surface area contributed by atoms with Crippen LogP contribution < -0.4 is 5.32 Å². The van der Waals surface area contributed by atoms with Gasteiger partial charge in [0.2, 0.25) is 0 Å². The predicted octanol–water partition coefficient (Wildman–Crippen LogP) is 9.62. The summed E-state index contributed by atoms with van der Waals surface area (Å²) in [5.74, 6) is -0.871. The molecule has 3 atom stereocenters. The molecule has 4 aromatic heterocycles. The molecule has 1 N–H and O–H groups in total. The van der Waals surface area contributed by atoms with Gasteiger partial charge >= 0.3 is 24.1 Å². The summed E-state index contributed by atoms with van der Waals surface area (Å²) in [6.07, 6.45) is 12.3. The van der Waals surface area contributed by atoms with Crippen molar-refractivity contribution in [1.82, 2.24) is 33.9 Å². The van der Waals surface area contributed by atoms with Crippen molar-refractivity contribution in [3.05, 3.63) is 71.6 Å². The molecule has 0 unspecified atom stereocenters. The Morgan fingerprint density at radius 2 is 1.19 bits per heavy atom. The van der Waals surface area contributed by atoms with Crippen LogP contribution in [0.2, 0.25) is 0 Å². The van der Waals surface area contributed by atoms with Crippen LogP contribution in [0.25, 0.3) is 11.3 Å². The maximum atomic E-state index is 12.5. The minimum absolute atomic E-state index is 0. The number of esters is 2. The number of amides is 2. The number of imidazole rings is 2. The summed E-state index contributed by atoms with van der Waals surface area (Å²) in [5, 5.41) is 3.42. The molecule has 16 nitrogen and oxygen atoms in total. The lowest BCUT2D eigenvalue weighted by molar-refractivity contribution is -0.120. The summed E-state index contributed by atoms with van der Waals surface area (Å²) in [6, 6.07) is 6.83. The molecule has 7 rings (SSSR count). The van der Waals surface area contributed by atoms with Gasteiger partial charge in [-0.15, -0.1) is 11.6 Å². The molecule has 2 amide bonds. The van der Waals surface area contributed by atoms with Crippen LogP contribution in [0.3, 0.4) is 0 Å². The fourth-order valence-electron chi connectivity index (χ4n) is 7.41. The Kier molecular flexibility index (Phi) is 20.7. The van der Waals surface area contributed by atoms with Crippen LogP contribution in [-0.4, -0.2) is 114 Å². The highest BCUT2D eigenvalue weighted by atomic mass is 35.5. The Morgan fingerprint density at radius 1 is 0.703 bits per heavy atom. The third kappa shape index (κ3) is 14.1. The Morgan fingerprint density at radius 3 is 1.67 bits per heavy atom. The fourth-order valence-corrected chi connectivity index (χ4v) is 7.59. The molecule has 3 saturated heterocycles. The average Bonchev–Trinajstić information content (AvgIpc) is 4.05. The molecule has 3 aliphatic heterocycles. The zero-order valence-electron chi connectivity index (χ0n) is 36.6. The molecule has 0 aliphatic carbocycles. The van der Waals surface area contributed by atoms with E-state index in [0.717, 1.165) is 43.6 Å². The number of nitrogens with one attached hydrogen (secondary N) is 1. The number of ketones is 1. The van der Waals surface area contributed by atoms with Crippen molar-refractivity contribution in [1.29, 1.82) is 0 Å². The van der Waals surface area contributed by atoms with Gasteiger partial charge in [0.15, 0.2) is 17.1 Å². The van der Waals surface area contributed by atoms with Crippen LogP contribution in [0.1, 0.15) is 160 Å². The van der Waals surface area contributed by atoms with Gasteiger partial charge in [0, 0.05) is 37.9 Å². The number of likely N-dealkylation sites (tertiary alicyclic amines) is 2. The van der Waals surface area contributed by atoms with E-state index in [1.807, 2.05) is 56.0 Å². The van der Waals surface area contributed by atoms with Gasteiger partial charge in [0.05, 0.1) is 48.6 Å². The van der Waals surface area contributed by atoms with Crippen LogP contribution in [-0.2, 0) is 23.7 Å². The van der Waals surface area contributed by atoms with Crippen molar-refractivity contribution in [2.24, 2.45) is 0 Å². The zero-order chi connectivity index (χ0) is 44.5. The van der Waals surface area contributed by atoms with Crippen LogP contribution in [0.15, 0.2) is 49.1 Å². The van der Waals surface area contributed by atoms with E-state index in [1.165, 1.54) is 11.3 Å². The number of halogens is 1. The number of hydrogen-bond acceptors (Lipinski definition) is 12. The number of rotatable bonds is 8. The maximum Gasteiger partial charge on any atom is 0.410 e. The molecule has 0 bridgehead atoms. The molecule has 0 saturated carbocycles. The quantitative estimate of drug-likeness (QED) is 0.101. The molecule has 7 heterocycles. The summed E-state index contributed by atoms with van der Waals surface area (Å²) < 4.78 is 24.6. The van der Waals surface area contributed by atoms with Gasteiger partial charge in [-0.05, 0) is 125 Å². The smallest absolute Gasteiger partial charge is 0.410 e. The van der Waals surface area contributed by atoms with Gasteiger partial charge in [0.1, 0.15) is 22.3 Å². The number of nitrogens with zero attached hydrogens (tertiary/aromatic N) is 6. The number of pyridine rings is 2. The summed E-state index contributed by atoms with van der Waals surface area (Å²) in [7, 11) is 0. The van der Waals surface area contributed by atoms with E-state index in [-0.39, 0.29) is 52.0 Å². The number of alkyl halides is 1. The average molecular weight is 915 g/mol. The molecular formula is C47H72ClN7O9. The molecule has 0 aromatic carbocycles. The zero-order valence-corrected chi connectivity index (χ0v) is 37.3. The molecule has 3 aliphatic rings. The molecule has 3 fully saturated rings. The molecular weight excluding hydrogens is 842 g/mol. The topological polar surface area (TPSA) is 175 Å². The highest BCUT2D eigenvalue weighted by molar-refractivity contribution is 6.28. The van der Waals surface area contributed by atoms with Crippen LogP contribution >= 0.6 is 11.6 Å². The Hall–Kier alpha value is -5.22. The van der Waals surface area contributed by atoms with E-state index in [9.17, 15) is 24.0 Å². The first-order valence-electron chi connectivity index (χ1n) is 21.0. The molecule has 356 valence electrons. The van der Waals surface area contributed by atoms with E-state index in [0.29, 0.717) is 61.2 Å². The minimum Gasteiger partial charge on any atom is -0.462 e. The number of aromatic nitrogens is 4. The second-order valence-corrected chi connectivity index (χ2v) is 17.3. The molecule has 0 spiro atoms. The van der Waals surface area contributed by atoms with Gasteiger partial charge in [-0.1, -0.05) is 22.3 Å². The lowest BCUT2D eigenvalue weighted by atomic mass is 10.1. The molecule has 17 heteroatoms. The van der Waals surface area contributed by atoms with E-state index in [1.54, 1.807) is 62.1 Å². The second kappa shape index (κ2) is 24.2. The number of carbonyl (C=O) groups is 5. The molecule has 64 heavy (non-hydrogen) atoms. The Balaban J connectivity index is 0.000000333. The highest BCUT2D eigenvalue weighted by Gasteiger charge is 2.37. The second-order valence-electron chi connectivity index (χ2n) is 17.0. The monoisotopic (exact) mass is 914 g/mol. The number of ether oxygens (including phenoxy) is 4. The number of Topliss-reactive ketones (excluding diaryl/α,β-unsaturated/α-hetero) is 1. The van der Waals surface area contributed by atoms with E-state index in [2.05, 4.69) is 15.3 Å². The summed E-state index contributed by atoms with van der Waals surface area (Å²) in [5.41, 5.74) is 2.83. The van der Waals surface area contributed by atoms with Crippen molar-refractivity contribution in [2.75, 3.05) is 38.7 Å². The standard InChI is InChI=1S/C19H25N3O4.C14H17N3O2.C11H18ClNO3.3CH4/c1-5-25-17(23)13-8-6-10-21-12-14(20-16(13)21)15-9-7-11-22(15)18(24)26-19(2,3)4;1-2-19-14(18)10-5-4-8-17-9-12(16-13(10)17)11-6-3-7-15-11;1-11(2,3)16-10(15)13-6-4-5-8(13)9(14)7-12;;;/h6,8,10,12,15H,5,7,9,11H2,1-4H3;4-5,8-9,11,15H,2-3,6-7H2,1H3;8H,4-7H2,1-3H3;3*1H4/t15-;11-;8-;;;/m111.../s1. The molecule has 0 radical (unpaired) electrons. The summed E-state index contributed by atoms with van der Waals surface area (Å²) in [4.78, 5) is 72.3. The van der Waals surface area contributed by atoms with Gasteiger partial charge in [0.25, 0.3) is 0 Å². The number of fused-ring (bicyclic) bond motifs is 2. The third-order valence-electron chi connectivity index (χ3n) is 10.0. The van der Waals surface area contributed by atoms with Crippen molar-refractivity contribution >= 4 is 52.8 Å². The van der Waals surface area contributed by atoms with Crippen molar-refractivity contribution in [3.8, 4) is 0 Å². The first-order chi connectivity index (χ1) is 28.9. The Bertz CT molecular complexity index is 2170.